The van der Waals surface area contributed by atoms with Crippen LogP contribution in [0.2, 0.25) is 0 Å². The average Bonchev–Trinajstić information content (AvgIpc) is 2.53. The summed E-state index contributed by atoms with van der Waals surface area (Å²) < 4.78 is 0. The highest BCUT2D eigenvalue weighted by atomic mass is 35.5. The van der Waals surface area contributed by atoms with Crippen LogP contribution in [-0.4, -0.2) is 18.9 Å². The van der Waals surface area contributed by atoms with E-state index < -0.39 is 0 Å². The van der Waals surface area contributed by atoms with Crippen molar-refractivity contribution in [2.24, 2.45) is 0 Å². The Morgan fingerprint density at radius 3 is 2.50 bits per heavy atom. The highest BCUT2D eigenvalue weighted by molar-refractivity contribution is 6.00. The molecule has 0 aliphatic carbocycles. The first kappa shape index (κ1) is 18.7. The Hall–Kier alpha value is -1.38. The van der Waals surface area contributed by atoms with Crippen LogP contribution in [-0.2, 0) is 0 Å². The summed E-state index contributed by atoms with van der Waals surface area (Å²) in [7, 11) is 0. The molecule has 0 spiro atoms. The van der Waals surface area contributed by atoms with Gasteiger partial charge < -0.3 is 5.32 Å². The second-order valence-electron chi connectivity index (χ2n) is 5.55. The van der Waals surface area contributed by atoms with Crippen LogP contribution in [0, 0.1) is 0 Å². The minimum Gasteiger partial charge on any atom is -0.316 e. The van der Waals surface area contributed by atoms with E-state index in [1.165, 1.54) is 31.1 Å². The molecular formula is C19H26ClNO. The number of nitrogens with one attached hydrogen (secondary N) is 1. The van der Waals surface area contributed by atoms with Gasteiger partial charge in [-0.25, -0.2) is 0 Å². The number of unbranched alkanes of at least 4 members (excludes halogenated alkanes) is 3. The van der Waals surface area contributed by atoms with Gasteiger partial charge in [0.2, 0.25) is 0 Å². The molecule has 0 unspecified atom stereocenters. The fourth-order valence-electron chi connectivity index (χ4n) is 2.51. The Morgan fingerprint density at radius 2 is 1.73 bits per heavy atom. The molecule has 0 saturated carbocycles. The molecule has 2 rings (SSSR count). The molecule has 120 valence electrons. The third-order valence-electron chi connectivity index (χ3n) is 3.81. The van der Waals surface area contributed by atoms with Gasteiger partial charge in [0.1, 0.15) is 0 Å². The number of carbonyl (C=O) groups is 1. The van der Waals surface area contributed by atoms with Crippen molar-refractivity contribution in [1.82, 2.24) is 5.32 Å². The number of hydrogen-bond donors (Lipinski definition) is 1. The van der Waals surface area contributed by atoms with Gasteiger partial charge in [-0.15, -0.1) is 12.4 Å². The monoisotopic (exact) mass is 319 g/mol. The van der Waals surface area contributed by atoms with Crippen LogP contribution in [0.1, 0.15) is 49.4 Å². The molecule has 0 amide bonds. The third kappa shape index (κ3) is 5.78. The fourth-order valence-corrected chi connectivity index (χ4v) is 2.51. The summed E-state index contributed by atoms with van der Waals surface area (Å²) in [5, 5.41) is 5.68. The van der Waals surface area contributed by atoms with Crippen molar-refractivity contribution >= 4 is 29.0 Å². The number of halogens is 1. The lowest BCUT2D eigenvalue weighted by Gasteiger charge is -2.05. The van der Waals surface area contributed by atoms with E-state index in [-0.39, 0.29) is 18.2 Å². The van der Waals surface area contributed by atoms with Crippen LogP contribution in [0.3, 0.4) is 0 Å². The first-order valence-corrected chi connectivity index (χ1v) is 8.04. The Bertz CT molecular complexity index is 582. The predicted molar refractivity (Wildman–Crippen MR) is 97.2 cm³/mol. The summed E-state index contributed by atoms with van der Waals surface area (Å²) in [6.07, 6.45) is 5.63. The summed E-state index contributed by atoms with van der Waals surface area (Å²) in [6.45, 7) is 4.01. The van der Waals surface area contributed by atoms with E-state index in [9.17, 15) is 4.79 Å². The van der Waals surface area contributed by atoms with Crippen LogP contribution in [0.4, 0.5) is 0 Å². The smallest absolute Gasteiger partial charge is 0.164 e. The SMILES string of the molecule is CCCCCCNCCC(=O)c1ccc2ccccc2c1.Cl. The Balaban J connectivity index is 0.00000242. The van der Waals surface area contributed by atoms with Gasteiger partial charge in [0, 0.05) is 18.5 Å². The number of carbonyl (C=O) groups excluding carboxylic acids is 1. The van der Waals surface area contributed by atoms with Crippen molar-refractivity contribution in [1.29, 1.82) is 0 Å². The molecule has 2 aromatic rings. The third-order valence-corrected chi connectivity index (χ3v) is 3.81. The number of hydrogen-bond acceptors (Lipinski definition) is 2. The first-order chi connectivity index (χ1) is 10.3. The van der Waals surface area contributed by atoms with Crippen LogP contribution < -0.4 is 5.32 Å². The summed E-state index contributed by atoms with van der Waals surface area (Å²) in [4.78, 5) is 12.2. The molecule has 2 aromatic carbocycles. The molecule has 22 heavy (non-hydrogen) atoms. The molecule has 1 N–H and O–H groups in total. The lowest BCUT2D eigenvalue weighted by Crippen LogP contribution is -2.19. The molecule has 0 aliphatic rings. The maximum Gasteiger partial charge on any atom is 0.164 e. The lowest BCUT2D eigenvalue weighted by atomic mass is 10.0. The predicted octanol–water partition coefficient (Wildman–Crippen LogP) is 5.00. The van der Waals surface area contributed by atoms with E-state index in [0.29, 0.717) is 6.42 Å². The quantitative estimate of drug-likeness (QED) is 0.520. The molecule has 0 saturated heterocycles. The molecule has 3 heteroatoms. The Kier molecular flexibility index (Phi) is 8.79. The van der Waals surface area contributed by atoms with E-state index in [2.05, 4.69) is 24.4 Å². The number of rotatable bonds is 9. The van der Waals surface area contributed by atoms with Crippen LogP contribution >= 0.6 is 12.4 Å². The molecule has 0 fully saturated rings. The zero-order chi connectivity index (χ0) is 14.9. The van der Waals surface area contributed by atoms with Crippen molar-refractivity contribution in [2.75, 3.05) is 13.1 Å². The molecule has 0 radical (unpaired) electrons. The van der Waals surface area contributed by atoms with E-state index in [0.717, 1.165) is 24.0 Å². The standard InChI is InChI=1S/C19H25NO.ClH/c1-2-3-4-7-13-20-14-12-19(21)18-11-10-16-8-5-6-9-17(16)15-18;/h5-6,8-11,15,20H,2-4,7,12-14H2,1H3;1H. The van der Waals surface area contributed by atoms with E-state index in [1.807, 2.05) is 30.3 Å². The van der Waals surface area contributed by atoms with Gasteiger partial charge in [-0.1, -0.05) is 62.6 Å². The Morgan fingerprint density at radius 1 is 0.955 bits per heavy atom. The van der Waals surface area contributed by atoms with Gasteiger partial charge in [-0.05, 0) is 29.8 Å². The average molecular weight is 320 g/mol. The van der Waals surface area contributed by atoms with Crippen molar-refractivity contribution in [3.63, 3.8) is 0 Å². The molecule has 0 aliphatic heterocycles. The molecule has 0 atom stereocenters. The summed E-state index contributed by atoms with van der Waals surface area (Å²) >= 11 is 0. The first-order valence-electron chi connectivity index (χ1n) is 8.04. The van der Waals surface area contributed by atoms with Crippen LogP contribution in [0.15, 0.2) is 42.5 Å². The summed E-state index contributed by atoms with van der Waals surface area (Å²) in [5.74, 6) is 0.224. The van der Waals surface area contributed by atoms with Crippen LogP contribution in [0.25, 0.3) is 10.8 Å². The zero-order valence-electron chi connectivity index (χ0n) is 13.3. The highest BCUT2D eigenvalue weighted by Crippen LogP contribution is 2.16. The van der Waals surface area contributed by atoms with Gasteiger partial charge in [0.15, 0.2) is 5.78 Å². The van der Waals surface area contributed by atoms with Crippen molar-refractivity contribution in [3.8, 4) is 0 Å². The van der Waals surface area contributed by atoms with E-state index in [1.54, 1.807) is 0 Å². The number of benzene rings is 2. The molecule has 2 nitrogen and oxygen atoms in total. The van der Waals surface area contributed by atoms with Crippen molar-refractivity contribution in [2.45, 2.75) is 39.0 Å². The fraction of sp³-hybridized carbons (Fsp3) is 0.421. The number of fused-ring (bicyclic) bond motifs is 1. The Labute approximate surface area is 139 Å². The van der Waals surface area contributed by atoms with E-state index >= 15 is 0 Å². The summed E-state index contributed by atoms with van der Waals surface area (Å²) in [5.41, 5.74) is 0.821. The minimum atomic E-state index is 0. The van der Waals surface area contributed by atoms with E-state index in [4.69, 9.17) is 0 Å². The van der Waals surface area contributed by atoms with Gasteiger partial charge >= 0.3 is 0 Å². The second kappa shape index (κ2) is 10.4. The van der Waals surface area contributed by atoms with Gasteiger partial charge in [0.05, 0.1) is 0 Å². The minimum absolute atomic E-state index is 0. The maximum absolute atomic E-state index is 12.2. The van der Waals surface area contributed by atoms with Gasteiger partial charge in [0.25, 0.3) is 0 Å². The summed E-state index contributed by atoms with van der Waals surface area (Å²) in [6, 6.07) is 14.1. The highest BCUT2D eigenvalue weighted by Gasteiger charge is 2.06. The van der Waals surface area contributed by atoms with Crippen LogP contribution in [0.5, 0.6) is 0 Å². The lowest BCUT2D eigenvalue weighted by molar-refractivity contribution is 0.0983. The largest absolute Gasteiger partial charge is 0.316 e. The molecule has 0 heterocycles. The molecule has 0 bridgehead atoms. The molecule has 0 aromatic heterocycles. The van der Waals surface area contributed by atoms with Crippen molar-refractivity contribution < 1.29 is 4.79 Å². The normalized spacial score (nSPS) is 10.4. The van der Waals surface area contributed by atoms with Gasteiger partial charge in [-0.2, -0.15) is 0 Å². The van der Waals surface area contributed by atoms with Gasteiger partial charge in [-0.3, -0.25) is 4.79 Å². The molecular weight excluding hydrogens is 294 g/mol. The maximum atomic E-state index is 12.2. The number of Topliss-reactive ketones (excluding diaryl/α,β-unsaturated/α-hetero) is 1. The topological polar surface area (TPSA) is 29.1 Å². The van der Waals surface area contributed by atoms with Crippen molar-refractivity contribution in [3.05, 3.63) is 48.0 Å². The zero-order valence-corrected chi connectivity index (χ0v) is 14.1. The second-order valence-corrected chi connectivity index (χ2v) is 5.55. The number of ketones is 1.